The Morgan fingerprint density at radius 2 is 1.89 bits per heavy atom. The Bertz CT molecular complexity index is 419. The van der Waals surface area contributed by atoms with Crippen LogP contribution < -0.4 is 5.32 Å². The number of benzene rings is 1. The van der Waals surface area contributed by atoms with Crippen LogP contribution >= 0.6 is 0 Å². The summed E-state index contributed by atoms with van der Waals surface area (Å²) in [6.07, 6.45) is 10.5. The fraction of sp³-hybridized carbons (Fsp3) is 0.294. The molecule has 2 nitrogen and oxygen atoms in total. The summed E-state index contributed by atoms with van der Waals surface area (Å²) >= 11 is 0. The van der Waals surface area contributed by atoms with Crippen molar-refractivity contribution in [1.82, 2.24) is 0 Å². The second kappa shape index (κ2) is 9.02. The first-order valence-corrected chi connectivity index (χ1v) is 6.40. The number of para-hydroxylation sites is 1. The van der Waals surface area contributed by atoms with Gasteiger partial charge in [0.2, 0.25) is 0 Å². The van der Waals surface area contributed by atoms with Crippen LogP contribution in [0.15, 0.2) is 55.6 Å². The molecule has 1 aromatic rings. The molecule has 0 aliphatic rings. The number of hydrogen-bond donors (Lipinski definition) is 1. The molecule has 0 fully saturated rings. The average Bonchev–Trinajstić information content (AvgIpc) is 2.44. The largest absolute Gasteiger partial charge is 0.379 e. The van der Waals surface area contributed by atoms with Gasteiger partial charge in [0, 0.05) is 5.69 Å². The Balaban J connectivity index is 2.74. The van der Waals surface area contributed by atoms with Gasteiger partial charge in [-0.05, 0) is 25.0 Å². The number of nitrogens with one attached hydrogen (secondary N) is 1. The molecule has 0 aromatic heterocycles. The third kappa shape index (κ3) is 5.46. The Kier molecular flexibility index (Phi) is 7.16. The molecule has 0 aliphatic heterocycles. The molecule has 0 bridgehead atoms. The molecule has 0 aliphatic carbocycles. The SMILES string of the molecule is C#CCOC(CC=C)C(CC=C)Nc1ccccc1. The standard InChI is InChI=1S/C17H21NO/c1-4-10-16(17(11-5-2)19-14-6-3)18-15-12-8-7-9-13-15/h3-5,7-9,12-13,16-18H,1-2,10-11,14H2. The van der Waals surface area contributed by atoms with Gasteiger partial charge < -0.3 is 10.1 Å². The van der Waals surface area contributed by atoms with Gasteiger partial charge in [-0.25, -0.2) is 0 Å². The third-order valence-electron chi connectivity index (χ3n) is 2.77. The summed E-state index contributed by atoms with van der Waals surface area (Å²) in [5, 5.41) is 3.46. The van der Waals surface area contributed by atoms with E-state index in [0.29, 0.717) is 6.61 Å². The highest BCUT2D eigenvalue weighted by Crippen LogP contribution is 2.16. The highest BCUT2D eigenvalue weighted by Gasteiger charge is 2.19. The van der Waals surface area contributed by atoms with Crippen LogP contribution in [-0.4, -0.2) is 18.8 Å². The fourth-order valence-corrected chi connectivity index (χ4v) is 1.90. The molecule has 100 valence electrons. The lowest BCUT2D eigenvalue weighted by molar-refractivity contribution is 0.0660. The second-order valence-electron chi connectivity index (χ2n) is 4.22. The van der Waals surface area contributed by atoms with Crippen molar-refractivity contribution in [3.05, 3.63) is 55.6 Å². The van der Waals surface area contributed by atoms with Gasteiger partial charge in [-0.3, -0.25) is 0 Å². The molecule has 2 atom stereocenters. The van der Waals surface area contributed by atoms with Crippen LogP contribution in [0.25, 0.3) is 0 Å². The molecule has 0 amide bonds. The molecule has 0 spiro atoms. The summed E-state index contributed by atoms with van der Waals surface area (Å²) in [5.74, 6) is 2.51. The minimum atomic E-state index is -0.00763. The zero-order valence-corrected chi connectivity index (χ0v) is 11.2. The molecule has 0 saturated carbocycles. The second-order valence-corrected chi connectivity index (χ2v) is 4.22. The van der Waals surface area contributed by atoms with Gasteiger partial charge in [0.05, 0.1) is 12.1 Å². The van der Waals surface area contributed by atoms with Crippen molar-refractivity contribution in [1.29, 1.82) is 0 Å². The molecular weight excluding hydrogens is 234 g/mol. The van der Waals surface area contributed by atoms with E-state index < -0.39 is 0 Å². The Hall–Kier alpha value is -1.98. The van der Waals surface area contributed by atoms with Crippen LogP contribution in [0.5, 0.6) is 0 Å². The van der Waals surface area contributed by atoms with E-state index in [4.69, 9.17) is 11.2 Å². The maximum Gasteiger partial charge on any atom is 0.107 e. The highest BCUT2D eigenvalue weighted by atomic mass is 16.5. The van der Waals surface area contributed by atoms with Crippen LogP contribution in [0.2, 0.25) is 0 Å². The molecule has 2 heteroatoms. The van der Waals surface area contributed by atoms with E-state index in [2.05, 4.69) is 24.4 Å². The van der Waals surface area contributed by atoms with Gasteiger partial charge in [-0.2, -0.15) is 0 Å². The zero-order chi connectivity index (χ0) is 13.9. The van der Waals surface area contributed by atoms with Crippen molar-refractivity contribution in [2.45, 2.75) is 25.0 Å². The van der Waals surface area contributed by atoms with E-state index in [1.54, 1.807) is 0 Å². The van der Waals surface area contributed by atoms with Gasteiger partial charge in [-0.1, -0.05) is 36.3 Å². The summed E-state index contributed by atoms with van der Waals surface area (Å²) in [5.41, 5.74) is 1.06. The fourth-order valence-electron chi connectivity index (χ4n) is 1.90. The maximum atomic E-state index is 5.70. The highest BCUT2D eigenvalue weighted by molar-refractivity contribution is 5.43. The van der Waals surface area contributed by atoms with Crippen molar-refractivity contribution in [2.24, 2.45) is 0 Å². The van der Waals surface area contributed by atoms with Crippen LogP contribution in [0.4, 0.5) is 5.69 Å². The van der Waals surface area contributed by atoms with Crippen LogP contribution in [0, 0.1) is 12.3 Å². The van der Waals surface area contributed by atoms with E-state index in [0.717, 1.165) is 18.5 Å². The number of terminal acetylenes is 1. The normalized spacial score (nSPS) is 13.0. The van der Waals surface area contributed by atoms with E-state index in [-0.39, 0.29) is 12.1 Å². The third-order valence-corrected chi connectivity index (χ3v) is 2.77. The minimum Gasteiger partial charge on any atom is -0.379 e. The van der Waals surface area contributed by atoms with Crippen molar-refractivity contribution in [3.8, 4) is 12.3 Å². The maximum absolute atomic E-state index is 5.70. The predicted octanol–water partition coefficient (Wildman–Crippen LogP) is 3.64. The van der Waals surface area contributed by atoms with E-state index in [1.165, 1.54) is 0 Å². The quantitative estimate of drug-likeness (QED) is 0.537. The summed E-state index contributed by atoms with van der Waals surface area (Å²) < 4.78 is 5.70. The van der Waals surface area contributed by atoms with E-state index in [9.17, 15) is 0 Å². The average molecular weight is 255 g/mol. The lowest BCUT2D eigenvalue weighted by atomic mass is 10.0. The molecule has 1 N–H and O–H groups in total. The molecule has 0 radical (unpaired) electrons. The van der Waals surface area contributed by atoms with Gasteiger partial charge in [0.15, 0.2) is 0 Å². The smallest absolute Gasteiger partial charge is 0.107 e. The number of ether oxygens (including phenoxy) is 1. The predicted molar refractivity (Wildman–Crippen MR) is 82.1 cm³/mol. The Labute approximate surface area is 116 Å². The number of anilines is 1. The first-order chi connectivity index (χ1) is 9.31. The minimum absolute atomic E-state index is 0.00763. The van der Waals surface area contributed by atoms with E-state index in [1.807, 2.05) is 42.5 Å². The van der Waals surface area contributed by atoms with Gasteiger partial charge >= 0.3 is 0 Å². The topological polar surface area (TPSA) is 21.3 Å². The van der Waals surface area contributed by atoms with Crippen molar-refractivity contribution >= 4 is 5.69 Å². The number of hydrogen-bond acceptors (Lipinski definition) is 2. The molecule has 0 heterocycles. The summed E-state index contributed by atoms with van der Waals surface area (Å²) in [6, 6.07) is 10.2. The first kappa shape index (κ1) is 15.1. The van der Waals surface area contributed by atoms with Crippen LogP contribution in [0.1, 0.15) is 12.8 Å². The first-order valence-electron chi connectivity index (χ1n) is 6.40. The van der Waals surface area contributed by atoms with Crippen molar-refractivity contribution < 1.29 is 4.74 Å². The molecule has 2 unspecified atom stereocenters. The molecular formula is C17H21NO. The van der Waals surface area contributed by atoms with Crippen molar-refractivity contribution in [3.63, 3.8) is 0 Å². The lowest BCUT2D eigenvalue weighted by Gasteiger charge is -2.27. The summed E-state index contributed by atoms with van der Waals surface area (Å²) in [7, 11) is 0. The van der Waals surface area contributed by atoms with Crippen molar-refractivity contribution in [2.75, 3.05) is 11.9 Å². The molecule has 1 rings (SSSR count). The number of rotatable bonds is 9. The monoisotopic (exact) mass is 255 g/mol. The molecule has 19 heavy (non-hydrogen) atoms. The van der Waals surface area contributed by atoms with Gasteiger partial charge in [0.25, 0.3) is 0 Å². The molecule has 0 saturated heterocycles. The zero-order valence-electron chi connectivity index (χ0n) is 11.2. The van der Waals surface area contributed by atoms with Gasteiger partial charge in [-0.15, -0.1) is 19.6 Å². The Morgan fingerprint density at radius 1 is 1.21 bits per heavy atom. The summed E-state index contributed by atoms with van der Waals surface area (Å²) in [4.78, 5) is 0. The molecule has 1 aromatic carbocycles. The van der Waals surface area contributed by atoms with Crippen LogP contribution in [0.3, 0.4) is 0 Å². The van der Waals surface area contributed by atoms with E-state index >= 15 is 0 Å². The van der Waals surface area contributed by atoms with Crippen LogP contribution in [-0.2, 0) is 4.74 Å². The Morgan fingerprint density at radius 3 is 2.47 bits per heavy atom. The van der Waals surface area contributed by atoms with Gasteiger partial charge in [0.1, 0.15) is 6.61 Å². The lowest BCUT2D eigenvalue weighted by Crippen LogP contribution is -2.35. The summed E-state index contributed by atoms with van der Waals surface area (Å²) in [6.45, 7) is 7.88.